The van der Waals surface area contributed by atoms with Gasteiger partial charge in [0.15, 0.2) is 9.84 Å². The summed E-state index contributed by atoms with van der Waals surface area (Å²) in [6, 6.07) is 6.73. The number of hydrogen-bond acceptors (Lipinski definition) is 5. The molecule has 0 radical (unpaired) electrons. The molecule has 1 unspecified atom stereocenters. The summed E-state index contributed by atoms with van der Waals surface area (Å²) < 4.78 is 22.7. The molecule has 0 saturated carbocycles. The van der Waals surface area contributed by atoms with Crippen LogP contribution in [0.5, 0.6) is 0 Å². The van der Waals surface area contributed by atoms with Crippen LogP contribution in [0.4, 0.5) is 0 Å². The van der Waals surface area contributed by atoms with E-state index in [9.17, 15) is 13.5 Å². The molecule has 1 rings (SSSR count). The number of benzene rings is 1. The first kappa shape index (κ1) is 17.5. The highest BCUT2D eigenvalue weighted by Gasteiger charge is 2.12. The van der Waals surface area contributed by atoms with Crippen molar-refractivity contribution in [3.05, 3.63) is 24.3 Å². The van der Waals surface area contributed by atoms with E-state index in [0.717, 1.165) is 4.90 Å². The summed E-state index contributed by atoms with van der Waals surface area (Å²) in [4.78, 5) is 1.27. The van der Waals surface area contributed by atoms with Gasteiger partial charge in [-0.2, -0.15) is 0 Å². The second kappa shape index (κ2) is 6.93. The van der Waals surface area contributed by atoms with Crippen LogP contribution in [0.25, 0.3) is 0 Å². The first-order valence-corrected chi connectivity index (χ1v) is 9.32. The molecular formula is C14H23NO3S2. The molecule has 0 bridgehead atoms. The molecule has 6 heteroatoms. The molecule has 1 aromatic rings. The summed E-state index contributed by atoms with van der Waals surface area (Å²) in [5, 5.41) is 13.1. The standard InChI is InChI=1S/C14H23NO3S2/c1-14(2,3)15-9-11(16)10-19-12-5-7-13(8-6-12)20(4,17)18/h5-8,11,15-16H,9-10H2,1-4H3. The molecular weight excluding hydrogens is 294 g/mol. The minimum absolute atomic E-state index is 0.0111. The average Bonchev–Trinajstić information content (AvgIpc) is 2.32. The monoisotopic (exact) mass is 317 g/mol. The highest BCUT2D eigenvalue weighted by molar-refractivity contribution is 7.99. The van der Waals surface area contributed by atoms with Gasteiger partial charge in [-0.15, -0.1) is 11.8 Å². The maximum Gasteiger partial charge on any atom is 0.175 e. The Bertz CT molecular complexity index is 518. The van der Waals surface area contributed by atoms with Gasteiger partial charge in [0.25, 0.3) is 0 Å². The first-order chi connectivity index (χ1) is 9.08. The maximum absolute atomic E-state index is 11.3. The van der Waals surface area contributed by atoms with Crippen LogP contribution in [0.1, 0.15) is 20.8 Å². The predicted octanol–water partition coefficient (Wildman–Crippen LogP) is 1.93. The molecule has 2 N–H and O–H groups in total. The van der Waals surface area contributed by atoms with Gasteiger partial charge in [0.05, 0.1) is 11.0 Å². The van der Waals surface area contributed by atoms with Crippen LogP contribution in [0.3, 0.4) is 0 Å². The Morgan fingerprint density at radius 1 is 1.25 bits per heavy atom. The summed E-state index contributed by atoms with van der Waals surface area (Å²) >= 11 is 1.51. The van der Waals surface area contributed by atoms with Gasteiger partial charge in [0.1, 0.15) is 0 Å². The lowest BCUT2D eigenvalue weighted by molar-refractivity contribution is 0.183. The van der Waals surface area contributed by atoms with Crippen molar-refractivity contribution in [2.24, 2.45) is 0 Å². The number of hydrogen-bond donors (Lipinski definition) is 2. The average molecular weight is 317 g/mol. The number of aliphatic hydroxyl groups is 1. The molecule has 114 valence electrons. The van der Waals surface area contributed by atoms with E-state index in [-0.39, 0.29) is 5.54 Å². The minimum atomic E-state index is -3.14. The van der Waals surface area contributed by atoms with Crippen molar-refractivity contribution in [2.45, 2.75) is 42.2 Å². The van der Waals surface area contributed by atoms with E-state index in [0.29, 0.717) is 17.2 Å². The topological polar surface area (TPSA) is 66.4 Å². The lowest BCUT2D eigenvalue weighted by Gasteiger charge is -2.22. The molecule has 0 heterocycles. The van der Waals surface area contributed by atoms with Crippen LogP contribution in [0, 0.1) is 0 Å². The molecule has 0 saturated heterocycles. The molecule has 0 aromatic heterocycles. The predicted molar refractivity (Wildman–Crippen MR) is 84.0 cm³/mol. The summed E-state index contributed by atoms with van der Waals surface area (Å²) in [7, 11) is -3.14. The summed E-state index contributed by atoms with van der Waals surface area (Å²) in [6.45, 7) is 6.70. The lowest BCUT2D eigenvalue weighted by Crippen LogP contribution is -2.41. The molecule has 0 amide bonds. The zero-order valence-corrected chi connectivity index (χ0v) is 14.0. The van der Waals surface area contributed by atoms with Crippen molar-refractivity contribution in [3.8, 4) is 0 Å². The molecule has 0 spiro atoms. The number of β-amino-alcohol motifs (C(OH)–C–C–N with tert-alkyl or cyclic N) is 1. The van der Waals surface area contributed by atoms with E-state index in [4.69, 9.17) is 0 Å². The molecule has 0 fully saturated rings. The Hall–Kier alpha value is -0.560. The molecule has 1 atom stereocenters. The molecule has 4 nitrogen and oxygen atoms in total. The van der Waals surface area contributed by atoms with Crippen LogP contribution in [0.15, 0.2) is 34.1 Å². The van der Waals surface area contributed by atoms with E-state index >= 15 is 0 Å². The van der Waals surface area contributed by atoms with Crippen molar-refractivity contribution in [3.63, 3.8) is 0 Å². The number of rotatable bonds is 6. The van der Waals surface area contributed by atoms with Gasteiger partial charge < -0.3 is 10.4 Å². The van der Waals surface area contributed by atoms with Gasteiger partial charge in [0.2, 0.25) is 0 Å². The Labute approximate surface area is 125 Å². The fourth-order valence-electron chi connectivity index (χ4n) is 1.46. The molecule has 0 aliphatic rings. The quantitative estimate of drug-likeness (QED) is 0.785. The van der Waals surface area contributed by atoms with Crippen molar-refractivity contribution in [1.29, 1.82) is 0 Å². The van der Waals surface area contributed by atoms with Crippen molar-refractivity contribution < 1.29 is 13.5 Å². The van der Waals surface area contributed by atoms with E-state index in [1.165, 1.54) is 18.0 Å². The fraction of sp³-hybridized carbons (Fsp3) is 0.571. The minimum Gasteiger partial charge on any atom is -0.391 e. The Morgan fingerprint density at radius 2 is 1.80 bits per heavy atom. The van der Waals surface area contributed by atoms with E-state index in [1.807, 2.05) is 0 Å². The summed E-state index contributed by atoms with van der Waals surface area (Å²) in [5.74, 6) is 0.571. The van der Waals surface area contributed by atoms with Gasteiger partial charge in [-0.25, -0.2) is 8.42 Å². The number of nitrogens with one attached hydrogen (secondary N) is 1. The highest BCUT2D eigenvalue weighted by Crippen LogP contribution is 2.21. The lowest BCUT2D eigenvalue weighted by atomic mass is 10.1. The van der Waals surface area contributed by atoms with Crippen LogP contribution in [-0.4, -0.2) is 43.7 Å². The van der Waals surface area contributed by atoms with Gasteiger partial charge in [-0.1, -0.05) is 0 Å². The van der Waals surface area contributed by atoms with E-state index in [2.05, 4.69) is 26.1 Å². The van der Waals surface area contributed by atoms with Crippen LogP contribution in [0.2, 0.25) is 0 Å². The normalized spacial score (nSPS) is 14.2. The second-order valence-corrected chi connectivity index (χ2v) is 8.95. The third-order valence-electron chi connectivity index (χ3n) is 2.56. The number of sulfone groups is 1. The van der Waals surface area contributed by atoms with Crippen LogP contribution >= 0.6 is 11.8 Å². The molecule has 1 aromatic carbocycles. The van der Waals surface area contributed by atoms with E-state index < -0.39 is 15.9 Å². The molecule has 0 aliphatic heterocycles. The van der Waals surface area contributed by atoms with E-state index in [1.54, 1.807) is 24.3 Å². The highest BCUT2D eigenvalue weighted by atomic mass is 32.2. The third kappa shape index (κ3) is 6.74. The third-order valence-corrected chi connectivity index (χ3v) is 4.85. The fourth-order valence-corrected chi connectivity index (χ4v) is 2.92. The molecule has 0 aliphatic carbocycles. The SMILES string of the molecule is CC(C)(C)NCC(O)CSc1ccc(S(C)(=O)=O)cc1. The maximum atomic E-state index is 11.3. The molecule has 20 heavy (non-hydrogen) atoms. The van der Waals surface area contributed by atoms with Gasteiger partial charge in [-0.3, -0.25) is 0 Å². The zero-order valence-electron chi connectivity index (χ0n) is 12.4. The van der Waals surface area contributed by atoms with Crippen molar-refractivity contribution >= 4 is 21.6 Å². The Kier molecular flexibility index (Phi) is 6.06. The largest absolute Gasteiger partial charge is 0.391 e. The van der Waals surface area contributed by atoms with Crippen LogP contribution in [-0.2, 0) is 9.84 Å². The Morgan fingerprint density at radius 3 is 2.25 bits per heavy atom. The van der Waals surface area contributed by atoms with Gasteiger partial charge >= 0.3 is 0 Å². The number of thioether (sulfide) groups is 1. The van der Waals surface area contributed by atoms with Crippen LogP contribution < -0.4 is 5.32 Å². The van der Waals surface area contributed by atoms with Crippen molar-refractivity contribution in [1.82, 2.24) is 5.32 Å². The number of aliphatic hydroxyl groups excluding tert-OH is 1. The Balaban J connectivity index is 2.46. The van der Waals surface area contributed by atoms with Gasteiger partial charge in [-0.05, 0) is 45.0 Å². The van der Waals surface area contributed by atoms with Crippen molar-refractivity contribution in [2.75, 3.05) is 18.6 Å². The summed E-state index contributed by atoms with van der Waals surface area (Å²) in [6.07, 6.45) is 0.755. The second-order valence-electron chi connectivity index (χ2n) is 5.84. The summed E-state index contributed by atoms with van der Waals surface area (Å²) in [5.41, 5.74) is -0.0111. The smallest absolute Gasteiger partial charge is 0.175 e. The zero-order chi connectivity index (χ0) is 15.4. The first-order valence-electron chi connectivity index (χ1n) is 6.44. The van der Waals surface area contributed by atoms with Gasteiger partial charge in [0, 0.05) is 29.0 Å².